The smallest absolute Gasteiger partial charge is 0.693 e. The Labute approximate surface area is 157 Å². The summed E-state index contributed by atoms with van der Waals surface area (Å²) in [5.74, 6) is -3.71. The van der Waals surface area contributed by atoms with Gasteiger partial charge >= 0.3 is 41.3 Å². The summed E-state index contributed by atoms with van der Waals surface area (Å²) in [5, 5.41) is 24.4. The van der Waals surface area contributed by atoms with E-state index in [1.165, 1.54) is 19.3 Å². The van der Waals surface area contributed by atoms with Gasteiger partial charge in [-0.1, -0.05) is 6.42 Å². The number of carboxylic acids is 2. The average molecular weight is 554 g/mol. The van der Waals surface area contributed by atoms with Crippen LogP contribution in [0.15, 0.2) is 0 Å². The topological polar surface area (TPSA) is 214 Å². The van der Waals surface area contributed by atoms with Gasteiger partial charge in [0.2, 0.25) is 0 Å². The Morgan fingerprint density at radius 2 is 1.58 bits per heavy atom. The van der Waals surface area contributed by atoms with Gasteiger partial charge in [-0.2, -0.15) is 0 Å². The van der Waals surface area contributed by atoms with Crippen molar-refractivity contribution in [3.63, 3.8) is 0 Å². The zero-order valence-electron chi connectivity index (χ0n) is 13.0. The third-order valence-electron chi connectivity index (χ3n) is 3.08. The Bertz CT molecular complexity index is 350. The molecule has 0 aromatic rings. The normalized spacial score (nSPS) is 14.0. The van der Waals surface area contributed by atoms with Gasteiger partial charge in [0.1, 0.15) is 0 Å². The van der Waals surface area contributed by atoms with E-state index in [-0.39, 0.29) is 41.2 Å². The first-order valence-corrected chi connectivity index (χ1v) is 7.62. The van der Waals surface area contributed by atoms with Crippen molar-refractivity contribution >= 4 is 20.2 Å². The fourth-order valence-electron chi connectivity index (χ4n) is 2.05. The summed E-state index contributed by atoms with van der Waals surface area (Å²) in [4.78, 5) is 32.5. The Morgan fingerprint density at radius 3 is 1.92 bits per heavy atom. The molecule has 0 amide bonds. The number of hydrogen-bond donors (Lipinski definition) is 3. The number of rotatable bonds is 7. The van der Waals surface area contributed by atoms with Gasteiger partial charge in [-0.05, 0) is 49.9 Å². The van der Waals surface area contributed by atoms with Crippen LogP contribution in [0.5, 0.6) is 0 Å². The van der Waals surface area contributed by atoms with E-state index in [9.17, 15) is 9.59 Å². The molecule has 0 bridgehead atoms. The van der Waals surface area contributed by atoms with Crippen molar-refractivity contribution in [3.8, 4) is 0 Å². The van der Waals surface area contributed by atoms with Crippen molar-refractivity contribution in [3.05, 3.63) is 12.3 Å². The molecule has 11 nitrogen and oxygen atoms in total. The van der Waals surface area contributed by atoms with E-state index in [0.29, 0.717) is 6.42 Å². The van der Waals surface area contributed by atoms with Gasteiger partial charge < -0.3 is 32.3 Å². The number of likely N-dealkylation sites (tertiary alicyclic amines) is 1. The summed E-state index contributed by atoms with van der Waals surface area (Å²) in [6.07, 6.45) is 4.52. The van der Waals surface area contributed by atoms with Gasteiger partial charge in [-0.15, -0.1) is 0 Å². The molecular formula is C11H26N3O8PPt. The molecule has 1 heterocycles. The Hall–Kier alpha value is -0.512. The van der Waals surface area contributed by atoms with Crippen LogP contribution in [0.2, 0.25) is 0 Å². The molecule has 1 aliphatic rings. The largest absolute Gasteiger partial charge is 2.00 e. The molecule has 1 saturated heterocycles. The minimum atomic E-state index is -3.04. The third kappa shape index (κ3) is 16.3. The standard InChI is InChI=1S/C11H19NO4.2H2N.HO4P.Pt.H2/c13-10(14)9(11(15)16)5-4-8-12-6-2-1-3-7-12;;;1-4-5(2)3;;/h9H,1-8H2,(H,13,14)(H,15,16);2*1H2;1H;;1H/q;2*-1;;+2;. The molecule has 1 unspecified atom stereocenters. The molecule has 1 fully saturated rings. The van der Waals surface area contributed by atoms with E-state index in [1.807, 2.05) is 0 Å². The van der Waals surface area contributed by atoms with Gasteiger partial charge in [0, 0.05) is 6.10 Å². The minimum absolute atomic E-state index is 0. The average Bonchev–Trinajstić information content (AvgIpc) is 2.44. The number of carboxylic acid groups (broad SMARTS) is 2. The Morgan fingerprint density at radius 1 is 1.17 bits per heavy atom. The third-order valence-corrected chi connectivity index (χ3v) is 3.21. The van der Waals surface area contributed by atoms with E-state index in [2.05, 4.69) is 9.57 Å². The number of piperidine rings is 1. The summed E-state index contributed by atoms with van der Waals surface area (Å²) in [5.41, 5.74) is 0. The van der Waals surface area contributed by atoms with Gasteiger partial charge in [0.25, 0.3) is 0 Å². The number of nitrogens with zero attached hydrogens (tertiary/aromatic N) is 1. The second-order valence-electron chi connectivity index (χ2n) is 4.58. The molecule has 0 aromatic carbocycles. The molecular weight excluding hydrogens is 528 g/mol. The monoisotopic (exact) mass is 554 g/mol. The SMILES string of the molecule is O=C(O)C(CCCN1CCCCC1)C(=O)O.O=[P+]([O-])OO.[HH].[NH2-].[NH2-].[Pt+2]. The number of carbonyl (C=O) groups is 2. The van der Waals surface area contributed by atoms with Crippen LogP contribution in [0.1, 0.15) is 33.5 Å². The van der Waals surface area contributed by atoms with E-state index in [1.54, 1.807) is 0 Å². The number of hydrogen-bond acceptors (Lipinski definition) is 7. The van der Waals surface area contributed by atoms with Crippen molar-refractivity contribution in [2.45, 2.75) is 32.1 Å². The second kappa shape index (κ2) is 18.8. The molecule has 24 heavy (non-hydrogen) atoms. The molecule has 148 valence electrons. The van der Waals surface area contributed by atoms with Crippen LogP contribution < -0.4 is 4.89 Å². The zero-order chi connectivity index (χ0) is 16.3. The summed E-state index contributed by atoms with van der Waals surface area (Å²) < 4.78 is 11.6. The van der Waals surface area contributed by atoms with Gasteiger partial charge in [0.15, 0.2) is 5.92 Å². The van der Waals surface area contributed by atoms with Crippen LogP contribution in [0.25, 0.3) is 12.3 Å². The molecule has 1 rings (SSSR count). The van der Waals surface area contributed by atoms with Crippen molar-refractivity contribution in [2.75, 3.05) is 19.6 Å². The first kappa shape index (κ1) is 31.3. The molecule has 0 radical (unpaired) electrons. The molecule has 0 aliphatic carbocycles. The summed E-state index contributed by atoms with van der Waals surface area (Å²) >= 11 is 0. The van der Waals surface area contributed by atoms with Crippen LogP contribution in [-0.4, -0.2) is 51.9 Å². The fraction of sp³-hybridized carbons (Fsp3) is 0.818. The van der Waals surface area contributed by atoms with Crippen molar-refractivity contribution in [2.24, 2.45) is 5.92 Å². The first-order valence-electron chi connectivity index (χ1n) is 6.52. The van der Waals surface area contributed by atoms with E-state index in [4.69, 9.17) is 24.9 Å². The zero-order valence-corrected chi connectivity index (χ0v) is 16.1. The molecule has 1 aliphatic heterocycles. The second-order valence-corrected chi connectivity index (χ2v) is 5.19. The predicted octanol–water partition coefficient (Wildman–Crippen LogP) is 2.21. The minimum Gasteiger partial charge on any atom is -0.693 e. The van der Waals surface area contributed by atoms with Gasteiger partial charge in [-0.3, -0.25) is 9.59 Å². The summed E-state index contributed by atoms with van der Waals surface area (Å²) in [7, 11) is -3.04. The van der Waals surface area contributed by atoms with E-state index < -0.39 is 26.1 Å². The van der Waals surface area contributed by atoms with Gasteiger partial charge in [0.05, 0.1) is 0 Å². The molecule has 0 saturated carbocycles. The predicted molar refractivity (Wildman–Crippen MR) is 82.3 cm³/mol. The molecule has 0 spiro atoms. The fourth-order valence-corrected chi connectivity index (χ4v) is 2.05. The Kier molecular flexibility index (Phi) is 24.5. The quantitative estimate of drug-likeness (QED) is 0.182. The molecule has 7 N–H and O–H groups in total. The molecule has 13 heteroatoms. The summed E-state index contributed by atoms with van der Waals surface area (Å²) in [6, 6.07) is 0. The van der Waals surface area contributed by atoms with E-state index >= 15 is 0 Å². The molecule has 1 atom stereocenters. The number of aliphatic carboxylic acids is 2. The van der Waals surface area contributed by atoms with E-state index in [0.717, 1.165) is 19.6 Å². The maximum absolute atomic E-state index is 10.6. The maximum atomic E-state index is 10.6. The van der Waals surface area contributed by atoms with Gasteiger partial charge in [-0.25, -0.2) is 5.26 Å². The van der Waals surface area contributed by atoms with Crippen molar-refractivity contribution < 1.29 is 61.7 Å². The first-order chi connectivity index (χ1) is 9.88. The summed E-state index contributed by atoms with van der Waals surface area (Å²) in [6.45, 7) is 2.94. The van der Waals surface area contributed by atoms with Crippen LogP contribution in [0.3, 0.4) is 0 Å². The van der Waals surface area contributed by atoms with Crippen molar-refractivity contribution in [1.29, 1.82) is 0 Å². The number of nitrogens with two attached hydrogens (primary N) is 2. The van der Waals surface area contributed by atoms with Crippen LogP contribution in [0.4, 0.5) is 0 Å². The van der Waals surface area contributed by atoms with Crippen LogP contribution in [-0.2, 0) is 39.9 Å². The molecule has 0 aromatic heterocycles. The van der Waals surface area contributed by atoms with Crippen molar-refractivity contribution in [1.82, 2.24) is 4.90 Å². The Balaban J connectivity index is -0.000000132. The van der Waals surface area contributed by atoms with Crippen LogP contribution >= 0.6 is 8.25 Å². The maximum Gasteiger partial charge on any atom is 2.00 e. The van der Waals surface area contributed by atoms with Crippen LogP contribution in [0, 0.1) is 5.92 Å².